The van der Waals surface area contributed by atoms with Crippen LogP contribution in [0.3, 0.4) is 0 Å². The van der Waals surface area contributed by atoms with Gasteiger partial charge < -0.3 is 15.0 Å². The molecule has 0 heterocycles. The summed E-state index contributed by atoms with van der Waals surface area (Å²) in [6, 6.07) is 10.3. The maximum absolute atomic E-state index is 12.4. The van der Waals surface area contributed by atoms with Crippen LogP contribution in [-0.2, 0) is 9.53 Å². The number of benzene rings is 2. The molecule has 0 spiro atoms. The highest BCUT2D eigenvalue weighted by atomic mass is 16.6. The Kier molecular flexibility index (Phi) is 7.62. The Balaban J connectivity index is 1.97. The molecule has 0 aromatic heterocycles. The Morgan fingerprint density at radius 3 is 2.37 bits per heavy atom. The second-order valence-corrected chi connectivity index (χ2v) is 6.44. The first-order chi connectivity index (χ1) is 14.3. The third-order valence-corrected chi connectivity index (χ3v) is 4.41. The van der Waals surface area contributed by atoms with E-state index in [4.69, 9.17) is 4.74 Å². The van der Waals surface area contributed by atoms with E-state index in [1.807, 2.05) is 13.8 Å². The standard InChI is InChI=1S/C21H23N3O6/c1-4-23(5-2)20(26)15-7-6-8-17(12-15)22-19(25)13-30-21(27)16-9-10-18(24(28)29)14(3)11-16/h6-12H,4-5,13H2,1-3H3,(H,22,25). The van der Waals surface area contributed by atoms with Gasteiger partial charge in [-0.25, -0.2) is 4.79 Å². The van der Waals surface area contributed by atoms with Crippen molar-refractivity contribution >= 4 is 29.2 Å². The number of hydrogen-bond acceptors (Lipinski definition) is 6. The number of hydrogen-bond donors (Lipinski definition) is 1. The molecule has 0 saturated heterocycles. The Bertz CT molecular complexity index is 969. The summed E-state index contributed by atoms with van der Waals surface area (Å²) in [5.41, 5.74) is 1.16. The Morgan fingerprint density at radius 2 is 1.77 bits per heavy atom. The molecular weight excluding hydrogens is 390 g/mol. The van der Waals surface area contributed by atoms with Crippen LogP contribution in [-0.4, -0.2) is 47.3 Å². The third kappa shape index (κ3) is 5.63. The number of esters is 1. The number of carbonyl (C=O) groups is 3. The van der Waals surface area contributed by atoms with Gasteiger partial charge in [-0.05, 0) is 51.1 Å². The zero-order valence-corrected chi connectivity index (χ0v) is 17.0. The topological polar surface area (TPSA) is 119 Å². The average molecular weight is 413 g/mol. The minimum absolute atomic E-state index is 0.108. The van der Waals surface area contributed by atoms with Gasteiger partial charge in [-0.15, -0.1) is 0 Å². The van der Waals surface area contributed by atoms with E-state index in [0.717, 1.165) is 0 Å². The fourth-order valence-electron chi connectivity index (χ4n) is 2.82. The van der Waals surface area contributed by atoms with Gasteiger partial charge in [-0.3, -0.25) is 19.7 Å². The van der Waals surface area contributed by atoms with Gasteiger partial charge in [0.1, 0.15) is 0 Å². The van der Waals surface area contributed by atoms with Crippen LogP contribution in [0.25, 0.3) is 0 Å². The highest BCUT2D eigenvalue weighted by Crippen LogP contribution is 2.19. The van der Waals surface area contributed by atoms with Crippen molar-refractivity contribution in [2.24, 2.45) is 0 Å². The Morgan fingerprint density at radius 1 is 1.07 bits per heavy atom. The molecule has 1 N–H and O–H groups in total. The van der Waals surface area contributed by atoms with Gasteiger partial charge in [0.25, 0.3) is 17.5 Å². The van der Waals surface area contributed by atoms with Crippen molar-refractivity contribution < 1.29 is 24.0 Å². The summed E-state index contributed by atoms with van der Waals surface area (Å²) in [5.74, 6) is -1.49. The predicted octanol–water partition coefficient (Wildman–Crippen LogP) is 3.18. The number of rotatable bonds is 8. The average Bonchev–Trinajstić information content (AvgIpc) is 2.72. The van der Waals surface area contributed by atoms with Gasteiger partial charge in [0.2, 0.25) is 0 Å². The molecule has 2 rings (SSSR count). The largest absolute Gasteiger partial charge is 0.452 e. The second-order valence-electron chi connectivity index (χ2n) is 6.44. The number of carbonyl (C=O) groups excluding carboxylic acids is 3. The molecule has 0 aliphatic rings. The first kappa shape index (κ1) is 22.5. The molecule has 158 valence electrons. The summed E-state index contributed by atoms with van der Waals surface area (Å²) in [6.07, 6.45) is 0. The SMILES string of the molecule is CCN(CC)C(=O)c1cccc(NC(=O)COC(=O)c2ccc([N+](=O)[O-])c(C)c2)c1. The van der Waals surface area contributed by atoms with E-state index in [-0.39, 0.29) is 17.2 Å². The minimum atomic E-state index is -0.770. The van der Waals surface area contributed by atoms with E-state index in [9.17, 15) is 24.5 Å². The van der Waals surface area contributed by atoms with Crippen molar-refractivity contribution in [2.45, 2.75) is 20.8 Å². The minimum Gasteiger partial charge on any atom is -0.452 e. The number of anilines is 1. The molecule has 0 atom stereocenters. The molecule has 0 unspecified atom stereocenters. The number of nitrogens with zero attached hydrogens (tertiary/aromatic N) is 2. The summed E-state index contributed by atoms with van der Waals surface area (Å²) < 4.78 is 4.97. The molecule has 2 amide bonds. The highest BCUT2D eigenvalue weighted by molar-refractivity contribution is 5.98. The molecule has 9 heteroatoms. The van der Waals surface area contributed by atoms with Crippen LogP contribution in [0.5, 0.6) is 0 Å². The number of amides is 2. The van der Waals surface area contributed by atoms with E-state index in [1.165, 1.54) is 25.1 Å². The van der Waals surface area contributed by atoms with E-state index < -0.39 is 23.4 Å². The molecule has 0 fully saturated rings. The predicted molar refractivity (Wildman–Crippen MR) is 110 cm³/mol. The van der Waals surface area contributed by atoms with Crippen LogP contribution >= 0.6 is 0 Å². The van der Waals surface area contributed by atoms with Crippen molar-refractivity contribution in [1.29, 1.82) is 0 Å². The van der Waals surface area contributed by atoms with Gasteiger partial charge in [0, 0.05) is 36.0 Å². The summed E-state index contributed by atoms with van der Waals surface area (Å²) in [4.78, 5) is 48.6. The van der Waals surface area contributed by atoms with Crippen molar-refractivity contribution in [3.63, 3.8) is 0 Å². The monoisotopic (exact) mass is 413 g/mol. The number of nitrogens with one attached hydrogen (secondary N) is 1. The summed E-state index contributed by atoms with van der Waals surface area (Å²) in [7, 11) is 0. The molecule has 0 radical (unpaired) electrons. The number of aryl methyl sites for hydroxylation is 1. The lowest BCUT2D eigenvalue weighted by Crippen LogP contribution is -2.30. The van der Waals surface area contributed by atoms with Crippen molar-refractivity contribution in [3.8, 4) is 0 Å². The van der Waals surface area contributed by atoms with Gasteiger partial charge in [0.05, 0.1) is 10.5 Å². The summed E-state index contributed by atoms with van der Waals surface area (Å²) >= 11 is 0. The quantitative estimate of drug-likeness (QED) is 0.403. The molecule has 0 bridgehead atoms. The molecule has 30 heavy (non-hydrogen) atoms. The normalized spacial score (nSPS) is 10.2. The van der Waals surface area contributed by atoms with E-state index in [2.05, 4.69) is 5.32 Å². The van der Waals surface area contributed by atoms with Crippen LogP contribution in [0, 0.1) is 17.0 Å². The van der Waals surface area contributed by atoms with Crippen molar-refractivity contribution in [3.05, 3.63) is 69.3 Å². The summed E-state index contributed by atoms with van der Waals surface area (Å²) in [5, 5.41) is 13.4. The van der Waals surface area contributed by atoms with Crippen LogP contribution in [0.15, 0.2) is 42.5 Å². The van der Waals surface area contributed by atoms with Crippen LogP contribution < -0.4 is 5.32 Å². The fraction of sp³-hybridized carbons (Fsp3) is 0.286. The van der Waals surface area contributed by atoms with E-state index in [1.54, 1.807) is 29.2 Å². The first-order valence-corrected chi connectivity index (χ1v) is 9.38. The summed E-state index contributed by atoms with van der Waals surface area (Å²) in [6.45, 7) is 5.88. The number of nitro groups is 1. The molecule has 9 nitrogen and oxygen atoms in total. The van der Waals surface area contributed by atoms with Crippen molar-refractivity contribution in [1.82, 2.24) is 4.90 Å². The molecule has 2 aromatic rings. The van der Waals surface area contributed by atoms with E-state index in [0.29, 0.717) is 29.9 Å². The zero-order valence-electron chi connectivity index (χ0n) is 17.0. The highest BCUT2D eigenvalue weighted by Gasteiger charge is 2.16. The maximum atomic E-state index is 12.4. The molecule has 2 aromatic carbocycles. The Labute approximate surface area is 173 Å². The van der Waals surface area contributed by atoms with Crippen LogP contribution in [0.1, 0.15) is 40.1 Å². The van der Waals surface area contributed by atoms with Crippen LogP contribution in [0.4, 0.5) is 11.4 Å². The Hall–Kier alpha value is -3.75. The fourth-order valence-corrected chi connectivity index (χ4v) is 2.82. The van der Waals surface area contributed by atoms with Gasteiger partial charge in [-0.2, -0.15) is 0 Å². The van der Waals surface area contributed by atoms with Crippen LogP contribution in [0.2, 0.25) is 0 Å². The molecule has 0 aliphatic heterocycles. The smallest absolute Gasteiger partial charge is 0.338 e. The molecule has 0 aliphatic carbocycles. The lowest BCUT2D eigenvalue weighted by Gasteiger charge is -2.19. The number of ether oxygens (including phenoxy) is 1. The number of nitro benzene ring substituents is 1. The lowest BCUT2D eigenvalue weighted by atomic mass is 10.1. The van der Waals surface area contributed by atoms with Crippen molar-refractivity contribution in [2.75, 3.05) is 25.0 Å². The van der Waals surface area contributed by atoms with Gasteiger partial charge in [-0.1, -0.05) is 6.07 Å². The maximum Gasteiger partial charge on any atom is 0.338 e. The zero-order chi connectivity index (χ0) is 22.3. The van der Waals surface area contributed by atoms with Gasteiger partial charge >= 0.3 is 5.97 Å². The first-order valence-electron chi connectivity index (χ1n) is 9.38. The van der Waals surface area contributed by atoms with E-state index >= 15 is 0 Å². The third-order valence-electron chi connectivity index (χ3n) is 4.41. The van der Waals surface area contributed by atoms with Gasteiger partial charge in [0.15, 0.2) is 6.61 Å². The molecule has 0 saturated carbocycles. The lowest BCUT2D eigenvalue weighted by molar-refractivity contribution is -0.385. The second kappa shape index (κ2) is 10.1. The molecular formula is C21H23N3O6.